The molecule has 2 fully saturated rings. The Kier molecular flexibility index (Phi) is 5.82. The summed E-state index contributed by atoms with van der Waals surface area (Å²) < 4.78 is 6.00. The van der Waals surface area contributed by atoms with Gasteiger partial charge in [0.25, 0.3) is 0 Å². The summed E-state index contributed by atoms with van der Waals surface area (Å²) in [6.45, 7) is 5.22. The van der Waals surface area contributed by atoms with Gasteiger partial charge in [0.1, 0.15) is 0 Å². The molecule has 2 heterocycles. The first-order valence-electron chi connectivity index (χ1n) is 7.42. The van der Waals surface area contributed by atoms with Gasteiger partial charge in [0.15, 0.2) is 5.96 Å². The van der Waals surface area contributed by atoms with Crippen molar-refractivity contribution in [3.05, 3.63) is 0 Å². The maximum Gasteiger partial charge on any atom is 0.191 e. The first-order chi connectivity index (χ1) is 9.22. The van der Waals surface area contributed by atoms with E-state index in [9.17, 15) is 0 Å². The molecule has 5 heteroatoms. The molecular weight excluding hydrogens is 258 g/mol. The van der Waals surface area contributed by atoms with Crippen LogP contribution >= 0.6 is 11.8 Å². The Balaban J connectivity index is 1.62. The summed E-state index contributed by atoms with van der Waals surface area (Å²) in [7, 11) is 1.84. The number of guanidine groups is 1. The van der Waals surface area contributed by atoms with Gasteiger partial charge in [0.2, 0.25) is 0 Å². The van der Waals surface area contributed by atoms with Crippen LogP contribution in [0.1, 0.15) is 39.0 Å². The quantitative estimate of drug-likeness (QED) is 0.599. The van der Waals surface area contributed by atoms with Crippen LogP contribution in [0.4, 0.5) is 0 Å². The van der Waals surface area contributed by atoms with Crippen LogP contribution in [-0.4, -0.2) is 49.3 Å². The van der Waals surface area contributed by atoms with Crippen LogP contribution in [0.25, 0.3) is 0 Å². The average molecular weight is 285 g/mol. The third kappa shape index (κ3) is 4.88. The van der Waals surface area contributed by atoms with E-state index in [2.05, 4.69) is 34.3 Å². The number of rotatable bonds is 5. The van der Waals surface area contributed by atoms with Gasteiger partial charge in [-0.1, -0.05) is 0 Å². The summed E-state index contributed by atoms with van der Waals surface area (Å²) in [5, 5.41) is 6.84. The number of nitrogens with one attached hydrogen (secondary N) is 2. The fourth-order valence-corrected chi connectivity index (χ4v) is 3.94. The molecule has 0 spiro atoms. The molecule has 0 aromatic rings. The normalized spacial score (nSPS) is 31.7. The van der Waals surface area contributed by atoms with Gasteiger partial charge in [-0.25, -0.2) is 0 Å². The molecule has 2 atom stereocenters. The van der Waals surface area contributed by atoms with Gasteiger partial charge in [-0.05, 0) is 44.8 Å². The molecule has 0 saturated carbocycles. The first kappa shape index (κ1) is 15.0. The molecule has 19 heavy (non-hydrogen) atoms. The molecule has 0 radical (unpaired) electrons. The Morgan fingerprint density at radius 3 is 2.95 bits per heavy atom. The minimum absolute atomic E-state index is 0.381. The maximum absolute atomic E-state index is 5.62. The highest BCUT2D eigenvalue weighted by atomic mass is 32.2. The van der Waals surface area contributed by atoms with E-state index in [0.29, 0.717) is 10.9 Å². The lowest BCUT2D eigenvalue weighted by molar-refractivity contribution is 0.105. The van der Waals surface area contributed by atoms with E-state index in [1.165, 1.54) is 31.4 Å². The van der Waals surface area contributed by atoms with Crippen molar-refractivity contribution in [2.75, 3.05) is 32.5 Å². The topological polar surface area (TPSA) is 45.7 Å². The molecule has 2 unspecified atom stereocenters. The minimum atomic E-state index is 0.381. The molecule has 0 amide bonds. The van der Waals surface area contributed by atoms with E-state index in [1.54, 1.807) is 0 Å². The first-order valence-corrected chi connectivity index (χ1v) is 8.40. The Morgan fingerprint density at radius 2 is 2.32 bits per heavy atom. The highest BCUT2D eigenvalue weighted by molar-refractivity contribution is 8.00. The molecule has 2 rings (SSSR count). The Hall–Kier alpha value is -0.420. The van der Waals surface area contributed by atoms with Crippen LogP contribution in [0.3, 0.4) is 0 Å². The summed E-state index contributed by atoms with van der Waals surface area (Å²) in [6.07, 6.45) is 6.60. The van der Waals surface area contributed by atoms with Crippen molar-refractivity contribution in [3.63, 3.8) is 0 Å². The summed E-state index contributed by atoms with van der Waals surface area (Å²) in [4.78, 5) is 4.29. The average Bonchev–Trinajstić information content (AvgIpc) is 3.06. The van der Waals surface area contributed by atoms with Crippen molar-refractivity contribution in [1.82, 2.24) is 10.6 Å². The lowest BCUT2D eigenvalue weighted by Crippen LogP contribution is -2.44. The molecule has 0 aromatic carbocycles. The third-order valence-corrected chi connectivity index (χ3v) is 5.47. The Labute approximate surface area is 121 Å². The van der Waals surface area contributed by atoms with Gasteiger partial charge in [-0.15, -0.1) is 0 Å². The monoisotopic (exact) mass is 285 g/mol. The smallest absolute Gasteiger partial charge is 0.191 e. The number of thioether (sulfide) groups is 1. The predicted octanol–water partition coefficient (Wildman–Crippen LogP) is 2.01. The summed E-state index contributed by atoms with van der Waals surface area (Å²) in [6, 6.07) is 0. The summed E-state index contributed by atoms with van der Waals surface area (Å²) in [5.74, 6) is 2.22. The molecule has 0 aliphatic carbocycles. The molecule has 2 saturated heterocycles. The van der Waals surface area contributed by atoms with E-state index < -0.39 is 0 Å². The molecule has 2 aliphatic heterocycles. The van der Waals surface area contributed by atoms with E-state index in [4.69, 9.17) is 4.74 Å². The van der Waals surface area contributed by atoms with Crippen molar-refractivity contribution in [3.8, 4) is 0 Å². The molecule has 0 bridgehead atoms. The van der Waals surface area contributed by atoms with Gasteiger partial charge in [0, 0.05) is 31.5 Å². The summed E-state index contributed by atoms with van der Waals surface area (Å²) in [5.41, 5.74) is 0. The number of aliphatic imine (C=N–C) groups is 1. The highest BCUT2D eigenvalue weighted by Gasteiger charge is 2.29. The van der Waals surface area contributed by atoms with Gasteiger partial charge in [-0.3, -0.25) is 4.99 Å². The number of nitrogens with zero attached hydrogens (tertiary/aromatic N) is 1. The van der Waals surface area contributed by atoms with Crippen LogP contribution in [0, 0.1) is 0 Å². The zero-order chi connectivity index (χ0) is 13.6. The summed E-state index contributed by atoms with van der Waals surface area (Å²) >= 11 is 2.08. The van der Waals surface area contributed by atoms with Crippen molar-refractivity contribution in [2.24, 2.45) is 4.99 Å². The van der Waals surface area contributed by atoms with E-state index in [-0.39, 0.29) is 0 Å². The van der Waals surface area contributed by atoms with E-state index in [0.717, 1.165) is 32.1 Å². The fourth-order valence-electron chi connectivity index (χ4n) is 2.69. The van der Waals surface area contributed by atoms with Crippen LogP contribution in [0.2, 0.25) is 0 Å². The number of hydrogen-bond donors (Lipinski definition) is 2. The van der Waals surface area contributed by atoms with E-state index in [1.807, 2.05) is 7.05 Å². The highest BCUT2D eigenvalue weighted by Crippen LogP contribution is 2.36. The third-order valence-electron chi connectivity index (χ3n) is 3.94. The SMILES string of the molecule is CN=C(NCCC1CCCO1)NCC1(C)CCCS1. The number of ether oxygens (including phenoxy) is 1. The van der Waals surface area contributed by atoms with Crippen LogP contribution in [0.15, 0.2) is 4.99 Å². The van der Waals surface area contributed by atoms with Gasteiger partial charge < -0.3 is 15.4 Å². The standard InChI is InChI=1S/C14H27N3OS/c1-14(7-4-10-19-14)11-17-13(15-2)16-8-6-12-5-3-9-18-12/h12H,3-11H2,1-2H3,(H2,15,16,17). The molecule has 4 nitrogen and oxygen atoms in total. The Bertz CT molecular complexity index is 297. The molecule has 2 N–H and O–H groups in total. The second-order valence-corrected chi connectivity index (χ2v) is 7.36. The zero-order valence-corrected chi connectivity index (χ0v) is 13.0. The maximum atomic E-state index is 5.62. The molecular formula is C14H27N3OS. The number of hydrogen-bond acceptors (Lipinski definition) is 3. The lowest BCUT2D eigenvalue weighted by Gasteiger charge is -2.24. The second kappa shape index (κ2) is 7.39. The van der Waals surface area contributed by atoms with Gasteiger partial charge in [-0.2, -0.15) is 11.8 Å². The van der Waals surface area contributed by atoms with E-state index >= 15 is 0 Å². The molecule has 110 valence electrons. The lowest BCUT2D eigenvalue weighted by atomic mass is 10.1. The minimum Gasteiger partial charge on any atom is -0.378 e. The van der Waals surface area contributed by atoms with Crippen LogP contribution in [-0.2, 0) is 4.74 Å². The van der Waals surface area contributed by atoms with Crippen molar-refractivity contribution in [1.29, 1.82) is 0 Å². The van der Waals surface area contributed by atoms with Crippen molar-refractivity contribution >= 4 is 17.7 Å². The molecule has 2 aliphatic rings. The predicted molar refractivity (Wildman–Crippen MR) is 83.1 cm³/mol. The zero-order valence-electron chi connectivity index (χ0n) is 12.2. The van der Waals surface area contributed by atoms with Gasteiger partial charge in [0.05, 0.1) is 6.10 Å². The van der Waals surface area contributed by atoms with Crippen LogP contribution < -0.4 is 10.6 Å². The second-order valence-electron chi connectivity index (χ2n) is 5.68. The van der Waals surface area contributed by atoms with Crippen LogP contribution in [0.5, 0.6) is 0 Å². The Morgan fingerprint density at radius 1 is 1.42 bits per heavy atom. The largest absolute Gasteiger partial charge is 0.378 e. The van der Waals surface area contributed by atoms with Gasteiger partial charge >= 0.3 is 0 Å². The van der Waals surface area contributed by atoms with Crippen molar-refractivity contribution in [2.45, 2.75) is 49.9 Å². The molecule has 0 aromatic heterocycles. The van der Waals surface area contributed by atoms with Crippen molar-refractivity contribution < 1.29 is 4.74 Å². The fraction of sp³-hybridized carbons (Fsp3) is 0.929.